The zero-order valence-electron chi connectivity index (χ0n) is 13.7. The standard InChI is InChI=1S/C16H24N2O4S.ClH/c1-23(20,21)9-13-5-6-14(22-13)16(19)18-15-10-3-2-4-11(15)8-12(17)7-10;/h5-6,10-12,15H,2-4,7-9,17H2,1H3,(H,18,19);1H. The van der Waals surface area contributed by atoms with Crippen LogP contribution in [0.25, 0.3) is 0 Å². The molecule has 8 heteroatoms. The second-order valence-corrected chi connectivity index (χ2v) is 9.16. The van der Waals surface area contributed by atoms with Crippen molar-refractivity contribution in [3.63, 3.8) is 0 Å². The molecule has 1 heterocycles. The molecule has 0 aliphatic heterocycles. The van der Waals surface area contributed by atoms with Crippen LogP contribution < -0.4 is 11.1 Å². The van der Waals surface area contributed by atoms with E-state index in [2.05, 4.69) is 5.32 Å². The summed E-state index contributed by atoms with van der Waals surface area (Å²) in [4.78, 5) is 12.4. The summed E-state index contributed by atoms with van der Waals surface area (Å²) in [6.07, 6.45) is 6.46. The van der Waals surface area contributed by atoms with Crippen molar-refractivity contribution in [3.05, 3.63) is 23.7 Å². The molecule has 2 fully saturated rings. The number of hydrogen-bond donors (Lipinski definition) is 2. The summed E-state index contributed by atoms with van der Waals surface area (Å²) >= 11 is 0. The average molecular weight is 377 g/mol. The fraction of sp³-hybridized carbons (Fsp3) is 0.688. The van der Waals surface area contributed by atoms with Crippen LogP contribution in [0.5, 0.6) is 0 Å². The molecule has 1 aromatic heterocycles. The minimum absolute atomic E-state index is 0. The molecule has 3 rings (SSSR count). The van der Waals surface area contributed by atoms with E-state index in [-0.39, 0.29) is 41.9 Å². The SMILES string of the molecule is CS(=O)(=O)Cc1ccc(C(=O)NC2C3CCCC2CC(N)C3)o1.Cl. The van der Waals surface area contributed by atoms with Crippen LogP contribution in [0.4, 0.5) is 0 Å². The van der Waals surface area contributed by atoms with Crippen LogP contribution in [0, 0.1) is 11.8 Å². The van der Waals surface area contributed by atoms with Crippen LogP contribution in [-0.2, 0) is 15.6 Å². The van der Waals surface area contributed by atoms with Crippen molar-refractivity contribution in [2.24, 2.45) is 17.6 Å². The Bertz CT molecular complexity index is 674. The van der Waals surface area contributed by atoms with Gasteiger partial charge in [0.25, 0.3) is 5.91 Å². The number of halogens is 1. The van der Waals surface area contributed by atoms with Gasteiger partial charge in [-0.25, -0.2) is 8.42 Å². The van der Waals surface area contributed by atoms with E-state index in [1.54, 1.807) is 12.1 Å². The molecule has 136 valence electrons. The Morgan fingerprint density at radius 2 is 1.92 bits per heavy atom. The number of nitrogens with two attached hydrogens (primary N) is 1. The third-order valence-electron chi connectivity index (χ3n) is 4.96. The number of furan rings is 1. The normalized spacial score (nSPS) is 29.6. The van der Waals surface area contributed by atoms with Gasteiger partial charge in [0.05, 0.1) is 0 Å². The Morgan fingerprint density at radius 1 is 1.29 bits per heavy atom. The smallest absolute Gasteiger partial charge is 0.287 e. The van der Waals surface area contributed by atoms with Crippen molar-refractivity contribution in [1.82, 2.24) is 5.32 Å². The van der Waals surface area contributed by atoms with E-state index >= 15 is 0 Å². The van der Waals surface area contributed by atoms with Crippen LogP contribution >= 0.6 is 12.4 Å². The van der Waals surface area contributed by atoms with Crippen LogP contribution in [0.15, 0.2) is 16.5 Å². The molecule has 0 spiro atoms. The van der Waals surface area contributed by atoms with Crippen molar-refractivity contribution < 1.29 is 17.6 Å². The molecule has 0 aromatic carbocycles. The monoisotopic (exact) mass is 376 g/mol. The number of rotatable bonds is 4. The lowest BCUT2D eigenvalue weighted by molar-refractivity contribution is 0.0731. The Morgan fingerprint density at radius 3 is 2.50 bits per heavy atom. The summed E-state index contributed by atoms with van der Waals surface area (Å²) in [5.74, 6) is 0.894. The Labute approximate surface area is 148 Å². The molecular formula is C16H25ClN2O4S. The number of nitrogens with one attached hydrogen (secondary N) is 1. The Hall–Kier alpha value is -1.05. The molecule has 6 nitrogen and oxygen atoms in total. The maximum Gasteiger partial charge on any atom is 0.287 e. The van der Waals surface area contributed by atoms with Crippen LogP contribution in [-0.4, -0.2) is 32.7 Å². The first-order valence-corrected chi connectivity index (χ1v) is 10.2. The van der Waals surface area contributed by atoms with Crippen molar-refractivity contribution in [2.75, 3.05) is 6.26 Å². The van der Waals surface area contributed by atoms with Crippen molar-refractivity contribution in [3.8, 4) is 0 Å². The summed E-state index contributed by atoms with van der Waals surface area (Å²) in [6, 6.07) is 3.48. The molecule has 2 bridgehead atoms. The fourth-order valence-electron chi connectivity index (χ4n) is 4.08. The van der Waals surface area contributed by atoms with Crippen LogP contribution in [0.2, 0.25) is 0 Å². The minimum Gasteiger partial charge on any atom is -0.455 e. The number of carbonyl (C=O) groups excluding carboxylic acids is 1. The number of carbonyl (C=O) groups is 1. The third-order valence-corrected chi connectivity index (χ3v) is 5.77. The van der Waals surface area contributed by atoms with Gasteiger partial charge < -0.3 is 15.5 Å². The van der Waals surface area contributed by atoms with Crippen LogP contribution in [0.3, 0.4) is 0 Å². The largest absolute Gasteiger partial charge is 0.455 e. The zero-order chi connectivity index (χ0) is 16.6. The second-order valence-electron chi connectivity index (χ2n) is 7.02. The summed E-state index contributed by atoms with van der Waals surface area (Å²) < 4.78 is 28.0. The number of fused-ring (bicyclic) bond motifs is 2. The van der Waals surface area contributed by atoms with Gasteiger partial charge in [0.1, 0.15) is 11.5 Å². The van der Waals surface area contributed by atoms with E-state index < -0.39 is 9.84 Å². The lowest BCUT2D eigenvalue weighted by Crippen LogP contribution is -2.53. The molecule has 0 saturated heterocycles. The lowest BCUT2D eigenvalue weighted by Gasteiger charge is -2.45. The average Bonchev–Trinajstić information content (AvgIpc) is 2.86. The van der Waals surface area contributed by atoms with Gasteiger partial charge in [-0.1, -0.05) is 6.42 Å². The van der Waals surface area contributed by atoms with Gasteiger partial charge in [-0.3, -0.25) is 4.79 Å². The summed E-state index contributed by atoms with van der Waals surface area (Å²) in [6.45, 7) is 0. The Kier molecular flexibility index (Phi) is 5.99. The highest BCUT2D eigenvalue weighted by atomic mass is 35.5. The first kappa shape index (κ1) is 19.3. The van der Waals surface area contributed by atoms with Crippen molar-refractivity contribution in [2.45, 2.75) is 49.9 Å². The van der Waals surface area contributed by atoms with E-state index in [0.717, 1.165) is 31.9 Å². The van der Waals surface area contributed by atoms with Gasteiger partial charge in [-0.15, -0.1) is 12.4 Å². The molecule has 1 amide bonds. The highest BCUT2D eigenvalue weighted by Gasteiger charge is 2.40. The van der Waals surface area contributed by atoms with Crippen molar-refractivity contribution >= 4 is 28.2 Å². The van der Waals surface area contributed by atoms with Gasteiger partial charge in [0.2, 0.25) is 0 Å². The van der Waals surface area contributed by atoms with E-state index in [4.69, 9.17) is 10.2 Å². The molecule has 2 aliphatic carbocycles. The first-order chi connectivity index (χ1) is 10.8. The quantitative estimate of drug-likeness (QED) is 0.835. The zero-order valence-corrected chi connectivity index (χ0v) is 15.4. The van der Waals surface area contributed by atoms with Gasteiger partial charge in [-0.05, 0) is 49.7 Å². The molecule has 3 N–H and O–H groups in total. The predicted molar refractivity (Wildman–Crippen MR) is 93.8 cm³/mol. The summed E-state index contributed by atoms with van der Waals surface area (Å²) in [7, 11) is -3.17. The molecule has 1 aromatic rings. The topological polar surface area (TPSA) is 102 Å². The Balaban J connectivity index is 0.00000208. The summed E-state index contributed by atoms with van der Waals surface area (Å²) in [5, 5.41) is 3.10. The maximum atomic E-state index is 12.4. The number of amides is 1. The van der Waals surface area contributed by atoms with Crippen molar-refractivity contribution in [1.29, 1.82) is 0 Å². The molecule has 2 aliphatic rings. The highest BCUT2D eigenvalue weighted by molar-refractivity contribution is 7.89. The first-order valence-electron chi connectivity index (χ1n) is 8.15. The minimum atomic E-state index is -3.17. The number of sulfone groups is 1. The summed E-state index contributed by atoms with van der Waals surface area (Å²) in [5.41, 5.74) is 6.10. The maximum absolute atomic E-state index is 12.4. The third kappa shape index (κ3) is 4.52. The lowest BCUT2D eigenvalue weighted by atomic mass is 9.67. The van der Waals surface area contributed by atoms with Gasteiger partial charge in [0, 0.05) is 18.3 Å². The van der Waals surface area contributed by atoms with Gasteiger partial charge in [0.15, 0.2) is 15.6 Å². The highest BCUT2D eigenvalue weighted by Crippen LogP contribution is 2.39. The molecule has 2 atom stereocenters. The number of hydrogen-bond acceptors (Lipinski definition) is 5. The van der Waals surface area contributed by atoms with E-state index in [9.17, 15) is 13.2 Å². The van der Waals surface area contributed by atoms with E-state index in [1.165, 1.54) is 6.42 Å². The molecule has 24 heavy (non-hydrogen) atoms. The van der Waals surface area contributed by atoms with Gasteiger partial charge in [-0.2, -0.15) is 0 Å². The van der Waals surface area contributed by atoms with E-state index in [1.807, 2.05) is 0 Å². The van der Waals surface area contributed by atoms with E-state index in [0.29, 0.717) is 17.6 Å². The predicted octanol–water partition coefficient (Wildman–Crippen LogP) is 1.88. The molecule has 0 radical (unpaired) electrons. The van der Waals surface area contributed by atoms with Crippen LogP contribution in [0.1, 0.15) is 48.4 Å². The fourth-order valence-corrected chi connectivity index (χ4v) is 4.76. The molecular weight excluding hydrogens is 352 g/mol. The van der Waals surface area contributed by atoms with Gasteiger partial charge >= 0.3 is 0 Å². The molecule has 2 saturated carbocycles. The second kappa shape index (κ2) is 7.45. The molecule has 2 unspecified atom stereocenters.